The highest BCUT2D eigenvalue weighted by Crippen LogP contribution is 2.47. The molecule has 0 bridgehead atoms. The molecule has 12 heteroatoms. The van der Waals surface area contributed by atoms with Crippen LogP contribution in [0.4, 0.5) is 11.4 Å². The maximum Gasteiger partial charge on any atom is 0.305 e. The zero-order valence-electron chi connectivity index (χ0n) is 19.9. The zero-order valence-corrected chi connectivity index (χ0v) is 23.0. The number of carbonyl (C=O) groups is 1. The molecule has 0 aliphatic carbocycles. The predicted molar refractivity (Wildman–Crippen MR) is 146 cm³/mol. The summed E-state index contributed by atoms with van der Waals surface area (Å²) >= 11 is 13.9. The van der Waals surface area contributed by atoms with Crippen LogP contribution in [0.2, 0.25) is 10.0 Å². The molecule has 0 spiro atoms. The molecular formula is C25H25Cl2N2O6S2-. The maximum atomic E-state index is 11.3. The highest BCUT2D eigenvalue weighted by molar-refractivity contribution is 8.03. The largest absolute Gasteiger partial charge is 0.748 e. The number of ether oxygens (including phenoxy) is 1. The molecule has 1 atom stereocenters. The van der Waals surface area contributed by atoms with Gasteiger partial charge in [0.2, 0.25) is 0 Å². The monoisotopic (exact) mass is 583 g/mol. The van der Waals surface area contributed by atoms with Gasteiger partial charge in [-0.3, -0.25) is 4.79 Å². The van der Waals surface area contributed by atoms with Crippen molar-refractivity contribution in [1.82, 2.24) is 0 Å². The summed E-state index contributed by atoms with van der Waals surface area (Å²) in [6.07, 6.45) is 4.17. The topological polar surface area (TPSA) is 110 Å². The Balaban J connectivity index is 1.63. The molecule has 0 saturated heterocycles. The number of carboxylic acid groups (broad SMARTS) is 1. The van der Waals surface area contributed by atoms with Crippen molar-refractivity contribution in [2.24, 2.45) is 0 Å². The van der Waals surface area contributed by atoms with E-state index in [1.165, 1.54) is 11.8 Å². The van der Waals surface area contributed by atoms with Crippen LogP contribution < -0.4 is 14.5 Å². The zero-order chi connectivity index (χ0) is 26.7. The lowest BCUT2D eigenvalue weighted by atomic mass is 10.1. The van der Waals surface area contributed by atoms with Gasteiger partial charge in [0.15, 0.2) is 6.23 Å². The van der Waals surface area contributed by atoms with Crippen molar-refractivity contribution in [1.29, 1.82) is 0 Å². The Bertz CT molecular complexity index is 1360. The van der Waals surface area contributed by atoms with Gasteiger partial charge in [-0.2, -0.15) is 0 Å². The van der Waals surface area contributed by atoms with Crippen LogP contribution in [-0.2, 0) is 14.9 Å². The van der Waals surface area contributed by atoms with Crippen LogP contribution in [0, 0.1) is 0 Å². The summed E-state index contributed by atoms with van der Waals surface area (Å²) in [4.78, 5) is 16.1. The van der Waals surface area contributed by atoms with Gasteiger partial charge >= 0.3 is 5.97 Å². The van der Waals surface area contributed by atoms with E-state index in [4.69, 9.17) is 27.9 Å². The molecule has 0 saturated carbocycles. The minimum absolute atomic E-state index is 0.0345. The van der Waals surface area contributed by atoms with Crippen LogP contribution in [0.1, 0.15) is 26.2 Å². The number of benzene rings is 2. The third-order valence-electron chi connectivity index (χ3n) is 5.89. The van der Waals surface area contributed by atoms with E-state index >= 15 is 0 Å². The molecule has 2 aliphatic heterocycles. The first-order valence-electron chi connectivity index (χ1n) is 11.6. The van der Waals surface area contributed by atoms with E-state index in [0.29, 0.717) is 22.2 Å². The fourth-order valence-corrected chi connectivity index (χ4v) is 6.12. The number of allylic oxidation sites excluding steroid dienone is 2. The van der Waals surface area contributed by atoms with Crippen LogP contribution >= 0.6 is 35.0 Å². The molecule has 1 unspecified atom stereocenters. The Hall–Kier alpha value is -2.37. The summed E-state index contributed by atoms with van der Waals surface area (Å²) in [6.45, 7) is 2.58. The molecular weight excluding hydrogens is 559 g/mol. The Labute approximate surface area is 230 Å². The van der Waals surface area contributed by atoms with E-state index in [1.54, 1.807) is 24.3 Å². The summed E-state index contributed by atoms with van der Waals surface area (Å²) in [6, 6.07) is 10.8. The molecule has 0 radical (unpaired) electrons. The molecule has 198 valence electrons. The van der Waals surface area contributed by atoms with E-state index in [2.05, 4.69) is 0 Å². The van der Waals surface area contributed by atoms with Crippen LogP contribution in [0.15, 0.2) is 64.0 Å². The van der Waals surface area contributed by atoms with Crippen molar-refractivity contribution in [3.8, 4) is 5.75 Å². The van der Waals surface area contributed by atoms with E-state index < -0.39 is 28.1 Å². The smallest absolute Gasteiger partial charge is 0.305 e. The summed E-state index contributed by atoms with van der Waals surface area (Å²) < 4.78 is 39.6. The number of carboxylic acids is 1. The average molecular weight is 585 g/mol. The van der Waals surface area contributed by atoms with E-state index in [0.717, 1.165) is 26.9 Å². The van der Waals surface area contributed by atoms with Gasteiger partial charge in [-0.1, -0.05) is 41.9 Å². The molecule has 0 amide bonds. The van der Waals surface area contributed by atoms with Gasteiger partial charge in [0, 0.05) is 33.8 Å². The van der Waals surface area contributed by atoms with Crippen LogP contribution in [0.5, 0.6) is 5.75 Å². The summed E-state index contributed by atoms with van der Waals surface area (Å²) in [5, 5.41) is 11.2. The van der Waals surface area contributed by atoms with Gasteiger partial charge in [0.1, 0.15) is 5.75 Å². The van der Waals surface area contributed by atoms with E-state index in [9.17, 15) is 22.9 Å². The second-order valence-electron chi connectivity index (χ2n) is 8.52. The normalized spacial score (nSPS) is 18.2. The fourth-order valence-electron chi connectivity index (χ4n) is 4.16. The molecule has 37 heavy (non-hydrogen) atoms. The fraction of sp³-hybridized carbons (Fsp3) is 0.320. The highest BCUT2D eigenvalue weighted by atomic mass is 35.5. The first-order chi connectivity index (χ1) is 17.5. The number of aliphatic carboxylic acids is 1. The number of nitrogens with zero attached hydrogens (tertiary/aromatic N) is 2. The first kappa shape index (κ1) is 27.7. The molecule has 2 aromatic rings. The van der Waals surface area contributed by atoms with Crippen molar-refractivity contribution >= 4 is 62.4 Å². The van der Waals surface area contributed by atoms with Gasteiger partial charge in [-0.05, 0) is 67.0 Å². The number of hydrogen-bond donors (Lipinski definition) is 1. The van der Waals surface area contributed by atoms with Crippen molar-refractivity contribution in [3.05, 3.63) is 69.2 Å². The molecule has 4 rings (SSSR count). The lowest BCUT2D eigenvalue weighted by Gasteiger charge is -2.24. The third kappa shape index (κ3) is 6.94. The lowest BCUT2D eigenvalue weighted by molar-refractivity contribution is -0.136. The molecule has 2 aliphatic rings. The second-order valence-corrected chi connectivity index (χ2v) is 12.0. The minimum atomic E-state index is -4.34. The molecule has 2 heterocycles. The molecule has 0 aromatic heterocycles. The second kappa shape index (κ2) is 11.6. The number of halogens is 2. The average Bonchev–Trinajstić information content (AvgIpc) is 3.33. The predicted octanol–water partition coefficient (Wildman–Crippen LogP) is 5.72. The SMILES string of the molecule is CCC(/C=C1\Sc2ccc(Cl)cc2N1CCC(=O)O)=C\C1Oc2ccc(Cl)cc2N1CCCS(=O)(=O)[O-]. The van der Waals surface area contributed by atoms with Crippen LogP contribution in [-0.4, -0.2) is 49.1 Å². The molecule has 0 fully saturated rings. The summed E-state index contributed by atoms with van der Waals surface area (Å²) in [7, 11) is -4.34. The van der Waals surface area contributed by atoms with Crippen molar-refractivity contribution in [3.63, 3.8) is 0 Å². The number of anilines is 2. The quantitative estimate of drug-likeness (QED) is 0.351. The van der Waals surface area contributed by atoms with E-state index in [-0.39, 0.29) is 25.9 Å². The Morgan fingerprint density at radius 3 is 2.54 bits per heavy atom. The van der Waals surface area contributed by atoms with Gasteiger partial charge in [-0.25, -0.2) is 8.42 Å². The van der Waals surface area contributed by atoms with Crippen molar-refractivity contribution < 1.29 is 27.6 Å². The number of fused-ring (bicyclic) bond motifs is 2. The third-order valence-corrected chi connectivity index (χ3v) is 8.27. The molecule has 8 nitrogen and oxygen atoms in total. The lowest BCUT2D eigenvalue weighted by Crippen LogP contribution is -2.35. The van der Waals surface area contributed by atoms with Gasteiger partial charge < -0.3 is 24.2 Å². The first-order valence-corrected chi connectivity index (χ1v) is 14.7. The Morgan fingerprint density at radius 2 is 1.86 bits per heavy atom. The van der Waals surface area contributed by atoms with Crippen molar-refractivity contribution in [2.45, 2.75) is 37.3 Å². The van der Waals surface area contributed by atoms with Gasteiger partial charge in [0.25, 0.3) is 0 Å². The van der Waals surface area contributed by atoms with Crippen LogP contribution in [0.3, 0.4) is 0 Å². The number of hydrogen-bond acceptors (Lipinski definition) is 8. The number of rotatable bonds is 10. The van der Waals surface area contributed by atoms with E-state index in [1.807, 2.05) is 41.0 Å². The summed E-state index contributed by atoms with van der Waals surface area (Å²) in [5.41, 5.74) is 2.52. The van der Waals surface area contributed by atoms with Gasteiger partial charge in [0.05, 0.1) is 32.9 Å². The van der Waals surface area contributed by atoms with Crippen LogP contribution in [0.25, 0.3) is 0 Å². The molecule has 1 N–H and O–H groups in total. The standard InChI is InChI=1S/C25H26Cl2N2O6S2/c1-2-16(13-24-29(10-8-25(30)31)20-15-18(27)5-7-22(20)36-24)12-23-28(9-3-11-37(32,33)34)19-14-17(26)4-6-21(19)35-23/h4-7,12-15,23H,2-3,8-11H2,1H3,(H,30,31)(H,32,33,34)/p-1/b16-12+,24-13-. The molecule has 2 aromatic carbocycles. The van der Waals surface area contributed by atoms with Gasteiger partial charge in [-0.15, -0.1) is 0 Å². The maximum absolute atomic E-state index is 11.3. The Kier molecular flexibility index (Phi) is 8.65. The minimum Gasteiger partial charge on any atom is -0.748 e. The number of thioether (sulfide) groups is 1. The van der Waals surface area contributed by atoms with Crippen molar-refractivity contribution in [2.75, 3.05) is 28.6 Å². The highest BCUT2D eigenvalue weighted by Gasteiger charge is 2.30. The summed E-state index contributed by atoms with van der Waals surface area (Å²) in [5.74, 6) is -0.757. The Morgan fingerprint density at radius 1 is 1.16 bits per heavy atom.